The largest absolute Gasteiger partial charge is 0.478 e. The van der Waals surface area contributed by atoms with Crippen LogP contribution in [0.4, 0.5) is 13.2 Å². The Kier molecular flexibility index (Phi) is 3.21. The van der Waals surface area contributed by atoms with Crippen molar-refractivity contribution in [3.63, 3.8) is 0 Å². The summed E-state index contributed by atoms with van der Waals surface area (Å²) >= 11 is 0. The van der Waals surface area contributed by atoms with Gasteiger partial charge in [-0.3, -0.25) is 4.79 Å². The van der Waals surface area contributed by atoms with E-state index < -0.39 is 30.4 Å². The van der Waals surface area contributed by atoms with E-state index in [1.54, 1.807) is 5.32 Å². The number of halogens is 3. The Morgan fingerprint density at radius 2 is 2.06 bits per heavy atom. The maximum absolute atomic E-state index is 11.7. The van der Waals surface area contributed by atoms with E-state index in [0.717, 1.165) is 12.3 Å². The Bertz CT molecular complexity index is 410. The van der Waals surface area contributed by atoms with Crippen molar-refractivity contribution < 1.29 is 32.3 Å². The lowest BCUT2D eigenvalue weighted by atomic mass is 10.3. The van der Waals surface area contributed by atoms with Crippen molar-refractivity contribution in [3.8, 4) is 0 Å². The number of aromatic carboxylic acids is 1. The second-order valence-electron chi connectivity index (χ2n) is 2.80. The zero-order valence-electron chi connectivity index (χ0n) is 7.67. The summed E-state index contributed by atoms with van der Waals surface area (Å²) in [5.74, 6) is -2.94. The van der Waals surface area contributed by atoms with Gasteiger partial charge in [-0.25, -0.2) is 4.79 Å². The summed E-state index contributed by atoms with van der Waals surface area (Å²) < 4.78 is 39.7. The molecule has 2 N–H and O–H groups in total. The molecule has 0 aliphatic rings. The number of amides is 1. The maximum atomic E-state index is 11.7. The van der Waals surface area contributed by atoms with Gasteiger partial charge in [0.15, 0.2) is 5.76 Å². The molecule has 0 atom stereocenters. The minimum Gasteiger partial charge on any atom is -0.478 e. The van der Waals surface area contributed by atoms with Crippen LogP contribution in [0.5, 0.6) is 0 Å². The number of hydrogen-bond donors (Lipinski definition) is 2. The molecule has 0 saturated carbocycles. The first-order chi connectivity index (χ1) is 7.29. The van der Waals surface area contributed by atoms with Crippen molar-refractivity contribution in [2.45, 2.75) is 6.18 Å². The number of furan rings is 1. The smallest absolute Gasteiger partial charge is 0.405 e. The predicted molar refractivity (Wildman–Crippen MR) is 44.1 cm³/mol. The summed E-state index contributed by atoms with van der Waals surface area (Å²) in [7, 11) is 0. The van der Waals surface area contributed by atoms with E-state index in [0.29, 0.717) is 0 Å². The third-order valence-electron chi connectivity index (χ3n) is 1.52. The van der Waals surface area contributed by atoms with Crippen LogP contribution in [0.15, 0.2) is 16.7 Å². The van der Waals surface area contributed by atoms with Crippen LogP contribution >= 0.6 is 0 Å². The number of nitrogens with one attached hydrogen (secondary N) is 1. The Balaban J connectivity index is 2.63. The topological polar surface area (TPSA) is 79.5 Å². The average Bonchev–Trinajstić information content (AvgIpc) is 2.61. The highest BCUT2D eigenvalue weighted by Crippen LogP contribution is 2.13. The number of carbonyl (C=O) groups excluding carboxylic acids is 1. The second kappa shape index (κ2) is 4.25. The van der Waals surface area contributed by atoms with Gasteiger partial charge in [-0.2, -0.15) is 13.2 Å². The Morgan fingerprint density at radius 1 is 1.44 bits per heavy atom. The number of carboxylic acid groups (broad SMARTS) is 1. The molecule has 1 heterocycles. The highest BCUT2D eigenvalue weighted by Gasteiger charge is 2.28. The molecule has 0 saturated heterocycles. The monoisotopic (exact) mass is 237 g/mol. The first-order valence-electron chi connectivity index (χ1n) is 3.96. The lowest BCUT2D eigenvalue weighted by molar-refractivity contribution is -0.123. The van der Waals surface area contributed by atoms with Crippen LogP contribution in [0, 0.1) is 0 Å². The molecule has 1 rings (SSSR count). The minimum absolute atomic E-state index is 0.308. The van der Waals surface area contributed by atoms with Crippen LogP contribution in [-0.4, -0.2) is 29.7 Å². The van der Waals surface area contributed by atoms with Gasteiger partial charge in [-0.05, 0) is 0 Å². The highest BCUT2D eigenvalue weighted by molar-refractivity contribution is 5.95. The molecule has 5 nitrogen and oxygen atoms in total. The van der Waals surface area contributed by atoms with Crippen molar-refractivity contribution in [2.24, 2.45) is 0 Å². The quantitative estimate of drug-likeness (QED) is 0.829. The molecule has 0 bridgehead atoms. The van der Waals surface area contributed by atoms with Gasteiger partial charge in [0.05, 0.1) is 5.56 Å². The second-order valence-corrected chi connectivity index (χ2v) is 2.80. The molecule has 0 aliphatic heterocycles. The number of carbonyl (C=O) groups is 2. The van der Waals surface area contributed by atoms with Gasteiger partial charge in [-0.1, -0.05) is 0 Å². The fourth-order valence-corrected chi connectivity index (χ4v) is 0.835. The standard InChI is InChI=1S/C8H6F3NO4/c9-8(10,11)3-12-6(13)5-1-4(2-16-5)7(14)15/h1-2H,3H2,(H,12,13)(H,14,15). The molecule has 0 fully saturated rings. The Labute approximate surface area is 86.8 Å². The predicted octanol–water partition coefficient (Wildman–Crippen LogP) is 1.27. The number of hydrogen-bond acceptors (Lipinski definition) is 3. The molecule has 8 heteroatoms. The van der Waals surface area contributed by atoms with E-state index in [1.165, 1.54) is 0 Å². The zero-order valence-corrected chi connectivity index (χ0v) is 7.67. The van der Waals surface area contributed by atoms with Crippen LogP contribution in [0.25, 0.3) is 0 Å². The molecular weight excluding hydrogens is 231 g/mol. The first-order valence-corrected chi connectivity index (χ1v) is 3.96. The molecular formula is C8H6F3NO4. The molecule has 0 aliphatic carbocycles. The molecule has 88 valence electrons. The van der Waals surface area contributed by atoms with Crippen LogP contribution in [0.1, 0.15) is 20.9 Å². The first kappa shape index (κ1) is 12.1. The zero-order chi connectivity index (χ0) is 12.3. The van der Waals surface area contributed by atoms with Gasteiger partial charge in [0, 0.05) is 6.07 Å². The number of rotatable bonds is 3. The summed E-state index contributed by atoms with van der Waals surface area (Å²) in [5, 5.41) is 10.0. The summed E-state index contributed by atoms with van der Waals surface area (Å²) in [6, 6.07) is 0.841. The third-order valence-corrected chi connectivity index (χ3v) is 1.52. The molecule has 0 unspecified atom stereocenters. The van der Waals surface area contributed by atoms with Crippen molar-refractivity contribution in [3.05, 3.63) is 23.7 Å². The average molecular weight is 237 g/mol. The lowest BCUT2D eigenvalue weighted by Gasteiger charge is -2.06. The molecule has 1 aromatic rings. The van der Waals surface area contributed by atoms with E-state index in [9.17, 15) is 22.8 Å². The molecule has 16 heavy (non-hydrogen) atoms. The molecule has 1 amide bonds. The number of carboxylic acids is 1. The Morgan fingerprint density at radius 3 is 2.50 bits per heavy atom. The third kappa shape index (κ3) is 3.30. The normalized spacial score (nSPS) is 11.2. The lowest BCUT2D eigenvalue weighted by Crippen LogP contribution is -2.33. The summed E-state index contributed by atoms with van der Waals surface area (Å²) in [6.45, 7) is -1.51. The van der Waals surface area contributed by atoms with Crippen LogP contribution < -0.4 is 5.32 Å². The van der Waals surface area contributed by atoms with E-state index >= 15 is 0 Å². The van der Waals surface area contributed by atoms with Gasteiger partial charge >= 0.3 is 12.1 Å². The van der Waals surface area contributed by atoms with Gasteiger partial charge in [-0.15, -0.1) is 0 Å². The van der Waals surface area contributed by atoms with Crippen LogP contribution in [0.3, 0.4) is 0 Å². The highest BCUT2D eigenvalue weighted by atomic mass is 19.4. The molecule has 1 aromatic heterocycles. The van der Waals surface area contributed by atoms with Gasteiger partial charge in [0.25, 0.3) is 5.91 Å². The summed E-state index contributed by atoms with van der Waals surface area (Å²) in [6.07, 6.45) is -3.76. The minimum atomic E-state index is -4.53. The van der Waals surface area contributed by atoms with Crippen molar-refractivity contribution in [1.29, 1.82) is 0 Å². The molecule has 0 spiro atoms. The fraction of sp³-hybridized carbons (Fsp3) is 0.250. The number of alkyl halides is 3. The molecule has 0 aromatic carbocycles. The van der Waals surface area contributed by atoms with Crippen molar-refractivity contribution in [2.75, 3.05) is 6.54 Å². The summed E-state index contributed by atoms with van der Waals surface area (Å²) in [5.41, 5.74) is -0.308. The van der Waals surface area contributed by atoms with Crippen LogP contribution in [-0.2, 0) is 0 Å². The van der Waals surface area contributed by atoms with E-state index in [4.69, 9.17) is 5.11 Å². The van der Waals surface area contributed by atoms with E-state index in [2.05, 4.69) is 4.42 Å². The SMILES string of the molecule is O=C(O)c1coc(C(=O)NCC(F)(F)F)c1. The van der Waals surface area contributed by atoms with Crippen molar-refractivity contribution >= 4 is 11.9 Å². The summed E-state index contributed by atoms with van der Waals surface area (Å²) in [4.78, 5) is 21.4. The Hall–Kier alpha value is -1.99. The van der Waals surface area contributed by atoms with Crippen LogP contribution in [0.2, 0.25) is 0 Å². The van der Waals surface area contributed by atoms with Crippen molar-refractivity contribution in [1.82, 2.24) is 5.32 Å². The fourth-order valence-electron chi connectivity index (χ4n) is 0.835. The van der Waals surface area contributed by atoms with E-state index in [1.807, 2.05) is 0 Å². The van der Waals surface area contributed by atoms with E-state index in [-0.39, 0.29) is 5.56 Å². The van der Waals surface area contributed by atoms with Gasteiger partial charge < -0.3 is 14.8 Å². The molecule has 0 radical (unpaired) electrons. The van der Waals surface area contributed by atoms with Gasteiger partial charge in [0.2, 0.25) is 0 Å². The van der Waals surface area contributed by atoms with Gasteiger partial charge in [0.1, 0.15) is 12.8 Å². The maximum Gasteiger partial charge on any atom is 0.405 e.